The molecule has 0 spiro atoms. The monoisotopic (exact) mass is 222 g/mol. The second-order valence-electron chi connectivity index (χ2n) is 4.18. The van der Waals surface area contributed by atoms with Crippen molar-refractivity contribution in [2.75, 3.05) is 6.61 Å². The van der Waals surface area contributed by atoms with Crippen LogP contribution in [0.4, 0.5) is 0 Å². The van der Waals surface area contributed by atoms with Gasteiger partial charge in [0.15, 0.2) is 6.29 Å². The number of benzene rings is 1. The number of ether oxygens (including phenoxy) is 2. The molecule has 4 atom stereocenters. The molecule has 0 unspecified atom stereocenters. The highest BCUT2D eigenvalue weighted by Crippen LogP contribution is 2.44. The first-order chi connectivity index (χ1) is 7.74. The zero-order chi connectivity index (χ0) is 11.5. The van der Waals surface area contributed by atoms with E-state index in [0.29, 0.717) is 12.5 Å². The number of hydrogen-bond donors (Lipinski definition) is 1. The van der Waals surface area contributed by atoms with Gasteiger partial charge < -0.3 is 14.6 Å². The standard InChI is InChI=1S/C13H18O3/c1-3-15-13(14)11-9(2)12(11)16-10-7-5-4-6-8-10/h4-9,11-14H,3H2,1-2H3/t9-,11-,12+,13+/m1/s1. The Kier molecular flexibility index (Phi) is 3.46. The average Bonchev–Trinajstić information content (AvgIpc) is 2.91. The third-order valence-corrected chi connectivity index (χ3v) is 3.05. The van der Waals surface area contributed by atoms with Crippen molar-refractivity contribution in [2.24, 2.45) is 11.8 Å². The molecular formula is C13H18O3. The van der Waals surface area contributed by atoms with Crippen molar-refractivity contribution in [3.63, 3.8) is 0 Å². The predicted molar refractivity (Wildman–Crippen MR) is 61.1 cm³/mol. The molecule has 1 aliphatic carbocycles. The van der Waals surface area contributed by atoms with Crippen LogP contribution in [0, 0.1) is 11.8 Å². The lowest BCUT2D eigenvalue weighted by atomic mass is 10.3. The lowest BCUT2D eigenvalue weighted by Crippen LogP contribution is -2.18. The molecule has 2 rings (SSSR count). The van der Waals surface area contributed by atoms with Crippen LogP contribution in [0.15, 0.2) is 30.3 Å². The summed E-state index contributed by atoms with van der Waals surface area (Å²) >= 11 is 0. The highest BCUT2D eigenvalue weighted by molar-refractivity contribution is 5.22. The topological polar surface area (TPSA) is 38.7 Å². The molecule has 0 aliphatic heterocycles. The van der Waals surface area contributed by atoms with Crippen LogP contribution in [0.2, 0.25) is 0 Å². The molecular weight excluding hydrogens is 204 g/mol. The minimum absolute atomic E-state index is 0.0731. The summed E-state index contributed by atoms with van der Waals surface area (Å²) in [5.41, 5.74) is 0. The van der Waals surface area contributed by atoms with E-state index in [1.807, 2.05) is 37.3 Å². The largest absolute Gasteiger partial charge is 0.490 e. The molecule has 16 heavy (non-hydrogen) atoms. The molecule has 0 saturated heterocycles. The van der Waals surface area contributed by atoms with E-state index in [2.05, 4.69) is 6.92 Å². The molecule has 1 aromatic rings. The van der Waals surface area contributed by atoms with E-state index < -0.39 is 6.29 Å². The van der Waals surface area contributed by atoms with E-state index >= 15 is 0 Å². The minimum atomic E-state index is -0.700. The van der Waals surface area contributed by atoms with Crippen LogP contribution >= 0.6 is 0 Å². The first-order valence-electron chi connectivity index (χ1n) is 5.75. The molecule has 88 valence electrons. The van der Waals surface area contributed by atoms with E-state index in [1.165, 1.54) is 0 Å². The second kappa shape index (κ2) is 4.85. The quantitative estimate of drug-likeness (QED) is 0.775. The van der Waals surface area contributed by atoms with Gasteiger partial charge in [0.2, 0.25) is 0 Å². The van der Waals surface area contributed by atoms with Gasteiger partial charge in [-0.25, -0.2) is 0 Å². The normalized spacial score (nSPS) is 29.8. The summed E-state index contributed by atoms with van der Waals surface area (Å²) in [5.74, 6) is 1.30. The van der Waals surface area contributed by atoms with Gasteiger partial charge in [0, 0.05) is 12.5 Å². The number of aliphatic hydroxyl groups excluding tert-OH is 1. The highest BCUT2D eigenvalue weighted by Gasteiger charge is 2.54. The lowest BCUT2D eigenvalue weighted by molar-refractivity contribution is -0.115. The lowest BCUT2D eigenvalue weighted by Gasteiger charge is -2.10. The Morgan fingerprint density at radius 1 is 1.31 bits per heavy atom. The number of aliphatic hydroxyl groups is 1. The van der Waals surface area contributed by atoms with Crippen molar-refractivity contribution < 1.29 is 14.6 Å². The third-order valence-electron chi connectivity index (χ3n) is 3.05. The molecule has 1 aliphatic rings. The fourth-order valence-electron chi connectivity index (χ4n) is 2.00. The zero-order valence-electron chi connectivity index (χ0n) is 9.67. The Morgan fingerprint density at radius 2 is 2.00 bits per heavy atom. The molecule has 0 heterocycles. The summed E-state index contributed by atoms with van der Waals surface area (Å²) in [6.07, 6.45) is -0.627. The Hall–Kier alpha value is -1.06. The van der Waals surface area contributed by atoms with Crippen LogP contribution in [0.25, 0.3) is 0 Å². The summed E-state index contributed by atoms with van der Waals surface area (Å²) in [6.45, 7) is 4.48. The maximum absolute atomic E-state index is 9.71. The molecule has 0 radical (unpaired) electrons. The molecule has 3 nitrogen and oxygen atoms in total. The van der Waals surface area contributed by atoms with Gasteiger partial charge in [0.05, 0.1) is 5.92 Å². The summed E-state index contributed by atoms with van der Waals surface area (Å²) in [5, 5.41) is 9.71. The molecule has 3 heteroatoms. The molecule has 1 aromatic carbocycles. The number of rotatable bonds is 5. The molecule has 1 N–H and O–H groups in total. The van der Waals surface area contributed by atoms with Gasteiger partial charge in [-0.1, -0.05) is 25.1 Å². The van der Waals surface area contributed by atoms with Crippen LogP contribution < -0.4 is 4.74 Å². The van der Waals surface area contributed by atoms with Gasteiger partial charge in [-0.2, -0.15) is 0 Å². The van der Waals surface area contributed by atoms with Gasteiger partial charge >= 0.3 is 0 Å². The molecule has 1 fully saturated rings. The fraction of sp³-hybridized carbons (Fsp3) is 0.538. The Morgan fingerprint density at radius 3 is 2.62 bits per heavy atom. The van der Waals surface area contributed by atoms with Crippen molar-refractivity contribution in [1.82, 2.24) is 0 Å². The zero-order valence-corrected chi connectivity index (χ0v) is 9.67. The highest BCUT2D eigenvalue weighted by atomic mass is 16.6. The molecule has 0 bridgehead atoms. The van der Waals surface area contributed by atoms with Gasteiger partial charge in [-0.15, -0.1) is 0 Å². The summed E-state index contributed by atoms with van der Waals surface area (Å²) in [6, 6.07) is 9.69. The van der Waals surface area contributed by atoms with Gasteiger partial charge in [0.1, 0.15) is 11.9 Å². The maximum Gasteiger partial charge on any atom is 0.161 e. The van der Waals surface area contributed by atoms with Crippen LogP contribution in [-0.4, -0.2) is 24.1 Å². The van der Waals surface area contributed by atoms with E-state index in [9.17, 15) is 5.11 Å². The minimum Gasteiger partial charge on any atom is -0.490 e. The molecule has 1 saturated carbocycles. The molecule has 0 aromatic heterocycles. The third kappa shape index (κ3) is 2.36. The van der Waals surface area contributed by atoms with Crippen molar-refractivity contribution in [3.8, 4) is 5.75 Å². The maximum atomic E-state index is 9.71. The predicted octanol–water partition coefficient (Wildman–Crippen LogP) is 2.05. The van der Waals surface area contributed by atoms with Crippen LogP contribution in [0.5, 0.6) is 5.75 Å². The van der Waals surface area contributed by atoms with E-state index in [4.69, 9.17) is 9.47 Å². The first-order valence-corrected chi connectivity index (χ1v) is 5.75. The van der Waals surface area contributed by atoms with Gasteiger partial charge in [-0.3, -0.25) is 0 Å². The van der Waals surface area contributed by atoms with Crippen molar-refractivity contribution in [3.05, 3.63) is 30.3 Å². The summed E-state index contributed by atoms with van der Waals surface area (Å²) in [7, 11) is 0. The van der Waals surface area contributed by atoms with E-state index in [1.54, 1.807) is 0 Å². The van der Waals surface area contributed by atoms with Crippen molar-refractivity contribution >= 4 is 0 Å². The first kappa shape index (κ1) is 11.4. The van der Waals surface area contributed by atoms with E-state index in [0.717, 1.165) is 5.75 Å². The van der Waals surface area contributed by atoms with Crippen LogP contribution in [0.1, 0.15) is 13.8 Å². The fourth-order valence-corrected chi connectivity index (χ4v) is 2.00. The van der Waals surface area contributed by atoms with E-state index in [-0.39, 0.29) is 12.0 Å². The van der Waals surface area contributed by atoms with Crippen molar-refractivity contribution in [1.29, 1.82) is 0 Å². The Labute approximate surface area is 96.0 Å². The Bertz CT molecular complexity index is 325. The van der Waals surface area contributed by atoms with Gasteiger partial charge in [0.25, 0.3) is 0 Å². The van der Waals surface area contributed by atoms with Crippen LogP contribution in [0.3, 0.4) is 0 Å². The second-order valence-corrected chi connectivity index (χ2v) is 4.18. The number of para-hydroxylation sites is 1. The summed E-state index contributed by atoms with van der Waals surface area (Å²) in [4.78, 5) is 0. The SMILES string of the molecule is CCO[C@H](O)[C@@H]1[C@@H](C)[C@@H]1Oc1ccccc1. The van der Waals surface area contributed by atoms with Gasteiger partial charge in [-0.05, 0) is 19.1 Å². The molecule has 0 amide bonds. The smallest absolute Gasteiger partial charge is 0.161 e. The average molecular weight is 222 g/mol. The van der Waals surface area contributed by atoms with Crippen LogP contribution in [-0.2, 0) is 4.74 Å². The van der Waals surface area contributed by atoms with Crippen molar-refractivity contribution in [2.45, 2.75) is 26.2 Å². The number of hydrogen-bond acceptors (Lipinski definition) is 3. The Balaban J connectivity index is 1.89. The summed E-state index contributed by atoms with van der Waals surface area (Å²) < 4.78 is 11.0.